The topological polar surface area (TPSA) is 74.9 Å². The highest BCUT2D eigenvalue weighted by atomic mass is 16.2. The predicted octanol–water partition coefficient (Wildman–Crippen LogP) is 4.10. The Labute approximate surface area is 173 Å². The van der Waals surface area contributed by atoms with E-state index in [1.54, 1.807) is 43.3 Å². The first-order valence-electron chi connectivity index (χ1n) is 9.56. The molecule has 5 nitrogen and oxygen atoms in total. The second-order valence-corrected chi connectivity index (χ2v) is 7.01. The van der Waals surface area contributed by atoms with E-state index in [9.17, 15) is 9.59 Å². The van der Waals surface area contributed by atoms with Gasteiger partial charge in [-0.3, -0.25) is 14.2 Å². The summed E-state index contributed by atoms with van der Waals surface area (Å²) in [6.07, 6.45) is 0. The van der Waals surface area contributed by atoms with E-state index in [4.69, 9.17) is 5.26 Å². The fraction of sp³-hybridized carbons (Fsp3) is 0.0800. The number of nitrogens with zero attached hydrogens (tertiary/aromatic N) is 2. The zero-order valence-electron chi connectivity index (χ0n) is 16.4. The molecule has 0 radical (unpaired) electrons. The van der Waals surface area contributed by atoms with E-state index in [1.165, 1.54) is 4.57 Å². The molecular formula is C25H19N3O2. The molecule has 0 fully saturated rings. The summed E-state index contributed by atoms with van der Waals surface area (Å²) in [6.45, 7) is 2.11. The number of aryl methyl sites for hydroxylation is 1. The van der Waals surface area contributed by atoms with E-state index < -0.39 is 11.5 Å². The van der Waals surface area contributed by atoms with Crippen LogP contribution in [-0.4, -0.2) is 10.5 Å². The van der Waals surface area contributed by atoms with Gasteiger partial charge < -0.3 is 5.32 Å². The smallest absolute Gasteiger partial charge is 0.268 e. The van der Waals surface area contributed by atoms with Crippen molar-refractivity contribution < 1.29 is 4.79 Å². The Balaban J connectivity index is 1.65. The second kappa shape index (κ2) is 8.06. The number of carbonyl (C=O) groups excluding carboxylic acids is 1. The molecule has 146 valence electrons. The highest BCUT2D eigenvalue weighted by Gasteiger charge is 2.15. The van der Waals surface area contributed by atoms with Gasteiger partial charge in [0.25, 0.3) is 11.5 Å². The molecule has 0 atom stereocenters. The highest BCUT2D eigenvalue weighted by Crippen LogP contribution is 2.18. The lowest BCUT2D eigenvalue weighted by atomic mass is 10.0. The van der Waals surface area contributed by atoms with Crippen molar-refractivity contribution in [3.05, 3.63) is 112 Å². The Morgan fingerprint density at radius 2 is 1.77 bits per heavy atom. The van der Waals surface area contributed by atoms with E-state index in [1.807, 2.05) is 42.5 Å². The molecule has 1 N–H and O–H groups in total. The molecule has 0 aliphatic heterocycles. The van der Waals surface area contributed by atoms with Gasteiger partial charge in [-0.1, -0.05) is 48.5 Å². The van der Waals surface area contributed by atoms with Gasteiger partial charge in [-0.05, 0) is 53.6 Å². The molecule has 4 rings (SSSR count). The number of aromatic nitrogens is 1. The van der Waals surface area contributed by atoms with Gasteiger partial charge in [-0.25, -0.2) is 0 Å². The van der Waals surface area contributed by atoms with Crippen LogP contribution in [0, 0.1) is 18.3 Å². The third-order valence-corrected chi connectivity index (χ3v) is 5.07. The van der Waals surface area contributed by atoms with E-state index in [2.05, 4.69) is 11.4 Å². The van der Waals surface area contributed by atoms with E-state index in [0.717, 1.165) is 16.3 Å². The van der Waals surface area contributed by atoms with Gasteiger partial charge in [-0.15, -0.1) is 0 Å². The summed E-state index contributed by atoms with van der Waals surface area (Å²) in [5, 5.41) is 14.2. The summed E-state index contributed by atoms with van der Waals surface area (Å²) in [5.74, 6) is -0.432. The number of amides is 1. The second-order valence-electron chi connectivity index (χ2n) is 7.01. The quantitative estimate of drug-likeness (QED) is 0.567. The van der Waals surface area contributed by atoms with Crippen molar-refractivity contribution in [3.8, 4) is 11.8 Å². The number of rotatable bonds is 4. The van der Waals surface area contributed by atoms with Gasteiger partial charge in [0.1, 0.15) is 5.56 Å². The first-order valence-corrected chi connectivity index (χ1v) is 9.56. The molecule has 0 aliphatic carbocycles. The number of hydrogen-bond acceptors (Lipinski definition) is 3. The number of hydrogen-bond donors (Lipinski definition) is 1. The Bertz CT molecular complexity index is 1360. The molecule has 0 bridgehead atoms. The maximum atomic E-state index is 13.1. The molecule has 1 heterocycles. The van der Waals surface area contributed by atoms with Gasteiger partial charge in [0.15, 0.2) is 0 Å². The van der Waals surface area contributed by atoms with Crippen LogP contribution in [-0.2, 0) is 6.54 Å². The Hall–Kier alpha value is -4.17. The number of nitrogens with one attached hydrogen (secondary N) is 1. The van der Waals surface area contributed by atoms with Gasteiger partial charge >= 0.3 is 0 Å². The molecule has 5 heteroatoms. The minimum atomic E-state index is -0.432. The van der Waals surface area contributed by atoms with Crippen molar-refractivity contribution in [2.75, 3.05) is 0 Å². The van der Waals surface area contributed by atoms with E-state index in [0.29, 0.717) is 23.5 Å². The van der Waals surface area contributed by atoms with Crippen LogP contribution >= 0.6 is 0 Å². The van der Waals surface area contributed by atoms with Crippen LogP contribution in [0.25, 0.3) is 16.5 Å². The largest absolute Gasteiger partial charge is 0.348 e. The van der Waals surface area contributed by atoms with Crippen LogP contribution < -0.4 is 10.9 Å². The molecule has 0 aliphatic rings. The molecule has 1 aromatic heterocycles. The van der Waals surface area contributed by atoms with Crippen molar-refractivity contribution in [2.24, 2.45) is 0 Å². The average Bonchev–Trinajstić information content (AvgIpc) is 2.77. The van der Waals surface area contributed by atoms with Gasteiger partial charge in [0.2, 0.25) is 0 Å². The zero-order valence-corrected chi connectivity index (χ0v) is 16.4. The first-order chi connectivity index (χ1) is 14.6. The van der Waals surface area contributed by atoms with Crippen LogP contribution in [0.5, 0.6) is 0 Å². The Morgan fingerprint density at radius 3 is 2.60 bits per heavy atom. The summed E-state index contributed by atoms with van der Waals surface area (Å²) in [4.78, 5) is 25.9. The van der Waals surface area contributed by atoms with Gasteiger partial charge in [0, 0.05) is 12.2 Å². The van der Waals surface area contributed by atoms with Crippen molar-refractivity contribution in [3.63, 3.8) is 0 Å². The number of carbonyl (C=O) groups is 1. The lowest BCUT2D eigenvalue weighted by molar-refractivity contribution is 0.0949. The summed E-state index contributed by atoms with van der Waals surface area (Å²) in [6, 6.07) is 26.0. The summed E-state index contributed by atoms with van der Waals surface area (Å²) in [7, 11) is 0. The minimum absolute atomic E-state index is 0.0585. The summed E-state index contributed by atoms with van der Waals surface area (Å²) in [5.41, 5.74) is 2.31. The fourth-order valence-corrected chi connectivity index (χ4v) is 3.56. The number of nitriles is 1. The van der Waals surface area contributed by atoms with Gasteiger partial charge in [-0.2, -0.15) is 5.26 Å². The minimum Gasteiger partial charge on any atom is -0.348 e. The normalized spacial score (nSPS) is 10.5. The summed E-state index contributed by atoms with van der Waals surface area (Å²) >= 11 is 0. The monoisotopic (exact) mass is 393 g/mol. The van der Waals surface area contributed by atoms with Crippen LogP contribution in [0.1, 0.15) is 27.2 Å². The van der Waals surface area contributed by atoms with Crippen LogP contribution in [0.2, 0.25) is 0 Å². The predicted molar refractivity (Wildman–Crippen MR) is 117 cm³/mol. The van der Waals surface area contributed by atoms with Crippen molar-refractivity contribution in [2.45, 2.75) is 13.5 Å². The molecular weight excluding hydrogens is 374 g/mol. The maximum Gasteiger partial charge on any atom is 0.268 e. The molecule has 0 unspecified atom stereocenters. The fourth-order valence-electron chi connectivity index (χ4n) is 3.56. The molecule has 4 aromatic rings. The molecule has 0 saturated carbocycles. The average molecular weight is 393 g/mol. The number of benzene rings is 3. The van der Waals surface area contributed by atoms with E-state index in [-0.39, 0.29) is 5.56 Å². The van der Waals surface area contributed by atoms with Crippen molar-refractivity contribution in [1.29, 1.82) is 5.26 Å². The first kappa shape index (κ1) is 19.2. The summed E-state index contributed by atoms with van der Waals surface area (Å²) < 4.78 is 1.45. The standard InChI is InChI=1S/C25H19N3O2/c1-17-12-13-23(25(30)28(17)21-10-4-6-18(14-21)15-26)24(29)27-16-20-9-5-8-19-7-2-3-11-22(19)20/h2-14H,16H2,1H3,(H,27,29). The zero-order chi connectivity index (χ0) is 21.1. The van der Waals surface area contributed by atoms with Crippen LogP contribution in [0.15, 0.2) is 83.7 Å². The Morgan fingerprint density at radius 1 is 1.00 bits per heavy atom. The third kappa shape index (κ3) is 3.59. The molecule has 30 heavy (non-hydrogen) atoms. The molecule has 0 saturated heterocycles. The van der Waals surface area contributed by atoms with Gasteiger partial charge in [0.05, 0.1) is 17.3 Å². The maximum absolute atomic E-state index is 13.1. The van der Waals surface area contributed by atoms with Crippen molar-refractivity contribution in [1.82, 2.24) is 9.88 Å². The Kier molecular flexibility index (Phi) is 5.15. The van der Waals surface area contributed by atoms with Crippen molar-refractivity contribution >= 4 is 16.7 Å². The number of fused-ring (bicyclic) bond motifs is 1. The van der Waals surface area contributed by atoms with Crippen LogP contribution in [0.4, 0.5) is 0 Å². The van der Waals surface area contributed by atoms with Crippen LogP contribution in [0.3, 0.4) is 0 Å². The molecule has 0 spiro atoms. The highest BCUT2D eigenvalue weighted by molar-refractivity contribution is 5.94. The lowest BCUT2D eigenvalue weighted by Gasteiger charge is -2.13. The number of pyridine rings is 1. The SMILES string of the molecule is Cc1ccc(C(=O)NCc2cccc3ccccc23)c(=O)n1-c1cccc(C#N)c1. The molecule has 1 amide bonds. The lowest BCUT2D eigenvalue weighted by Crippen LogP contribution is -2.33. The molecule has 3 aromatic carbocycles. The van der Waals surface area contributed by atoms with E-state index >= 15 is 0 Å². The third-order valence-electron chi connectivity index (χ3n) is 5.07.